The Labute approximate surface area is 109 Å². The second kappa shape index (κ2) is 3.69. The highest BCUT2D eigenvalue weighted by Gasteiger charge is 2.51. The van der Waals surface area contributed by atoms with E-state index in [1.54, 1.807) is 0 Å². The van der Waals surface area contributed by atoms with Gasteiger partial charge >= 0.3 is 0 Å². The van der Waals surface area contributed by atoms with Gasteiger partial charge in [-0.05, 0) is 67.3 Å². The summed E-state index contributed by atoms with van der Waals surface area (Å²) in [6, 6.07) is 8.27. The lowest BCUT2D eigenvalue weighted by Gasteiger charge is -2.57. The van der Waals surface area contributed by atoms with Crippen molar-refractivity contribution in [2.75, 3.05) is 0 Å². The van der Waals surface area contributed by atoms with Crippen LogP contribution in [-0.4, -0.2) is 6.29 Å². The van der Waals surface area contributed by atoms with Gasteiger partial charge in [0, 0.05) is 5.56 Å². The molecule has 5 rings (SSSR count). The van der Waals surface area contributed by atoms with E-state index in [1.807, 2.05) is 18.4 Å². The average molecular weight is 239 g/mol. The highest BCUT2D eigenvalue weighted by molar-refractivity contribution is 5.75. The topological polar surface area (TPSA) is 17.1 Å². The van der Waals surface area contributed by atoms with Crippen LogP contribution >= 0.6 is 0 Å². The zero-order valence-electron chi connectivity index (χ0n) is 10.7. The third-order valence-electron chi connectivity index (χ3n) is 5.65. The van der Waals surface area contributed by atoms with Crippen LogP contribution < -0.4 is 0 Å². The maximum Gasteiger partial charge on any atom is 0.233 e. The Bertz CT molecular complexity index is 436. The van der Waals surface area contributed by atoms with Crippen molar-refractivity contribution >= 4 is 6.29 Å². The van der Waals surface area contributed by atoms with E-state index in [-0.39, 0.29) is 0 Å². The van der Waals surface area contributed by atoms with Crippen LogP contribution in [0.15, 0.2) is 24.3 Å². The first-order valence-corrected chi connectivity index (χ1v) is 7.26. The standard InChI is InChI=1S/C17H19O/c18-11-12-1-3-16(4-2-12)17-8-13-5-14(9-17)7-15(6-13)10-17/h1-4,13-15H,5-10H2. The van der Waals surface area contributed by atoms with E-state index in [4.69, 9.17) is 0 Å². The first kappa shape index (κ1) is 10.8. The van der Waals surface area contributed by atoms with Gasteiger partial charge in [0.05, 0.1) is 0 Å². The van der Waals surface area contributed by atoms with Crippen molar-refractivity contribution in [3.63, 3.8) is 0 Å². The van der Waals surface area contributed by atoms with Crippen molar-refractivity contribution in [3.05, 3.63) is 35.4 Å². The van der Waals surface area contributed by atoms with Crippen LogP contribution in [0.1, 0.15) is 49.7 Å². The summed E-state index contributed by atoms with van der Waals surface area (Å²) >= 11 is 0. The fourth-order valence-corrected chi connectivity index (χ4v) is 5.36. The van der Waals surface area contributed by atoms with Gasteiger partial charge in [0.2, 0.25) is 6.29 Å². The Balaban J connectivity index is 1.72. The van der Waals surface area contributed by atoms with Crippen LogP contribution in [0.4, 0.5) is 0 Å². The molecule has 0 aliphatic heterocycles. The van der Waals surface area contributed by atoms with Gasteiger partial charge in [-0.1, -0.05) is 24.3 Å². The van der Waals surface area contributed by atoms with Gasteiger partial charge in [0.25, 0.3) is 0 Å². The monoisotopic (exact) mass is 239 g/mol. The molecular formula is C17H19O. The van der Waals surface area contributed by atoms with Crippen molar-refractivity contribution in [3.8, 4) is 0 Å². The van der Waals surface area contributed by atoms with Gasteiger partial charge in [0.1, 0.15) is 0 Å². The first-order valence-electron chi connectivity index (χ1n) is 7.26. The normalized spacial score (nSPS) is 41.0. The predicted octanol–water partition coefficient (Wildman–Crippen LogP) is 3.61. The molecule has 1 radical (unpaired) electrons. The molecular weight excluding hydrogens is 220 g/mol. The smallest absolute Gasteiger partial charge is 0.233 e. The van der Waals surface area contributed by atoms with E-state index in [0.29, 0.717) is 11.0 Å². The molecule has 4 aliphatic rings. The van der Waals surface area contributed by atoms with E-state index in [2.05, 4.69) is 12.1 Å². The van der Waals surface area contributed by atoms with E-state index in [0.717, 1.165) is 17.8 Å². The molecule has 4 fully saturated rings. The lowest BCUT2D eigenvalue weighted by Crippen LogP contribution is -2.48. The predicted molar refractivity (Wildman–Crippen MR) is 71.1 cm³/mol. The quantitative estimate of drug-likeness (QED) is 0.770. The number of hydrogen-bond acceptors (Lipinski definition) is 1. The number of carbonyl (C=O) groups excluding carboxylic acids is 1. The third-order valence-corrected chi connectivity index (χ3v) is 5.65. The van der Waals surface area contributed by atoms with Gasteiger partial charge in [-0.25, -0.2) is 0 Å². The SMILES string of the molecule is O=[C]c1ccc(C23CC4CC(CC(C4)C2)C3)cc1. The summed E-state index contributed by atoms with van der Waals surface area (Å²) in [5.74, 6) is 2.94. The van der Waals surface area contributed by atoms with Crippen LogP contribution in [0, 0.1) is 17.8 Å². The first-order chi connectivity index (χ1) is 8.77. The summed E-state index contributed by atoms with van der Waals surface area (Å²) in [6.45, 7) is 0. The van der Waals surface area contributed by atoms with E-state index >= 15 is 0 Å². The van der Waals surface area contributed by atoms with Crippen molar-refractivity contribution in [2.24, 2.45) is 17.8 Å². The molecule has 0 N–H and O–H groups in total. The molecule has 0 amide bonds. The Morgan fingerprint density at radius 2 is 1.39 bits per heavy atom. The second-order valence-electron chi connectivity index (χ2n) is 6.88. The van der Waals surface area contributed by atoms with Crippen LogP contribution in [0.25, 0.3) is 0 Å². The van der Waals surface area contributed by atoms with Crippen LogP contribution in [0.5, 0.6) is 0 Å². The maximum absolute atomic E-state index is 10.6. The molecule has 0 saturated heterocycles. The van der Waals surface area contributed by atoms with Crippen molar-refractivity contribution in [1.29, 1.82) is 0 Å². The Hall–Kier alpha value is -1.11. The zero-order valence-corrected chi connectivity index (χ0v) is 10.7. The molecule has 0 atom stereocenters. The van der Waals surface area contributed by atoms with Gasteiger partial charge < -0.3 is 0 Å². The molecule has 4 saturated carbocycles. The second-order valence-corrected chi connectivity index (χ2v) is 6.88. The minimum atomic E-state index is 0.455. The molecule has 93 valence electrons. The third kappa shape index (κ3) is 1.49. The van der Waals surface area contributed by atoms with E-state index in [9.17, 15) is 4.79 Å². The van der Waals surface area contributed by atoms with Gasteiger partial charge in [0.15, 0.2) is 0 Å². The molecule has 0 heterocycles. The van der Waals surface area contributed by atoms with Crippen LogP contribution in [-0.2, 0) is 10.2 Å². The van der Waals surface area contributed by atoms with Crippen molar-refractivity contribution < 1.29 is 4.79 Å². The van der Waals surface area contributed by atoms with E-state index in [1.165, 1.54) is 44.1 Å². The molecule has 1 heteroatoms. The molecule has 18 heavy (non-hydrogen) atoms. The largest absolute Gasteiger partial charge is 0.285 e. The zero-order chi connectivity index (χ0) is 12.2. The maximum atomic E-state index is 10.6. The summed E-state index contributed by atoms with van der Waals surface area (Å²) in [5.41, 5.74) is 2.62. The summed E-state index contributed by atoms with van der Waals surface area (Å²) in [4.78, 5) is 10.6. The highest BCUT2D eigenvalue weighted by Crippen LogP contribution is 2.60. The average Bonchev–Trinajstić information content (AvgIpc) is 2.37. The number of hydrogen-bond donors (Lipinski definition) is 0. The highest BCUT2D eigenvalue weighted by atomic mass is 16.1. The van der Waals surface area contributed by atoms with Gasteiger partial charge in [-0.2, -0.15) is 0 Å². The minimum Gasteiger partial charge on any atom is -0.285 e. The molecule has 1 nitrogen and oxygen atoms in total. The van der Waals surface area contributed by atoms with Gasteiger partial charge in [-0.3, -0.25) is 4.79 Å². The number of benzene rings is 1. The Morgan fingerprint density at radius 1 is 0.889 bits per heavy atom. The molecule has 0 spiro atoms. The van der Waals surface area contributed by atoms with Crippen molar-refractivity contribution in [2.45, 2.75) is 43.9 Å². The lowest BCUT2D eigenvalue weighted by molar-refractivity contribution is -0.00518. The van der Waals surface area contributed by atoms with Crippen LogP contribution in [0.3, 0.4) is 0 Å². The van der Waals surface area contributed by atoms with E-state index < -0.39 is 0 Å². The minimum absolute atomic E-state index is 0.455. The molecule has 0 unspecified atom stereocenters. The Morgan fingerprint density at radius 3 is 1.83 bits per heavy atom. The summed E-state index contributed by atoms with van der Waals surface area (Å²) in [7, 11) is 0. The molecule has 1 aromatic rings. The molecule has 4 aliphatic carbocycles. The summed E-state index contributed by atoms with van der Waals surface area (Å²) in [5, 5.41) is 0. The van der Waals surface area contributed by atoms with Crippen molar-refractivity contribution in [1.82, 2.24) is 0 Å². The summed E-state index contributed by atoms with van der Waals surface area (Å²) < 4.78 is 0. The fourth-order valence-electron chi connectivity index (χ4n) is 5.36. The molecule has 4 bridgehead atoms. The number of rotatable bonds is 2. The molecule has 1 aromatic carbocycles. The fraction of sp³-hybridized carbons (Fsp3) is 0.588. The lowest BCUT2D eigenvalue weighted by atomic mass is 9.48. The van der Waals surface area contributed by atoms with Crippen LogP contribution in [0.2, 0.25) is 0 Å². The van der Waals surface area contributed by atoms with Gasteiger partial charge in [-0.15, -0.1) is 0 Å². The molecule has 0 aromatic heterocycles. The summed E-state index contributed by atoms with van der Waals surface area (Å²) in [6.07, 6.45) is 10.6. The Kier molecular flexibility index (Phi) is 2.21.